The van der Waals surface area contributed by atoms with E-state index in [1.807, 2.05) is 0 Å². The van der Waals surface area contributed by atoms with Crippen molar-refractivity contribution in [2.24, 2.45) is 0 Å². The second-order valence-corrected chi connectivity index (χ2v) is 10.9. The van der Waals surface area contributed by atoms with Crippen LogP contribution in [0.3, 0.4) is 0 Å². The Hall–Kier alpha value is -0.480. The van der Waals surface area contributed by atoms with Crippen molar-refractivity contribution in [1.82, 2.24) is 0 Å². The minimum absolute atomic E-state index is 0. The molecule has 0 aliphatic carbocycles. The van der Waals surface area contributed by atoms with Gasteiger partial charge in [-0.3, -0.25) is 28.6 Å². The molecule has 0 saturated carbocycles. The van der Waals surface area contributed by atoms with E-state index in [1.54, 1.807) is 0 Å². The van der Waals surface area contributed by atoms with Crippen LogP contribution in [-0.2, 0) is 30.4 Å². The van der Waals surface area contributed by atoms with Crippen LogP contribution in [0.2, 0.25) is 0 Å². The van der Waals surface area contributed by atoms with Gasteiger partial charge in [-0.1, -0.05) is 6.07 Å². The first-order chi connectivity index (χ1) is 15.5. The molecule has 0 bridgehead atoms. The third-order valence-corrected chi connectivity index (χ3v) is 7.01. The summed E-state index contributed by atoms with van der Waals surface area (Å²) in [5, 5.41) is 12.9. The fourth-order valence-electron chi connectivity index (χ4n) is 2.95. The fraction of sp³-hybridized carbons (Fsp3) is 0. The molecule has 0 unspecified atom stereocenters. The van der Waals surface area contributed by atoms with E-state index >= 15 is 0 Å². The number of carbonyl (C=O) groups is 1. The summed E-state index contributed by atoms with van der Waals surface area (Å²) in [6.45, 7) is 0. The number of hydrogen-bond donors (Lipinski definition) is 4. The number of anilines is 1. The van der Waals surface area contributed by atoms with E-state index in [1.165, 1.54) is 0 Å². The molecule has 37 heavy (non-hydrogen) atoms. The van der Waals surface area contributed by atoms with Crippen molar-refractivity contribution in [2.45, 2.75) is 14.7 Å². The van der Waals surface area contributed by atoms with Crippen LogP contribution >= 0.6 is 0 Å². The molecule has 0 aromatic heterocycles. The minimum atomic E-state index is -5.12. The van der Waals surface area contributed by atoms with Gasteiger partial charge in [-0.25, -0.2) is 0 Å². The summed E-state index contributed by atoms with van der Waals surface area (Å²) in [5.41, 5.74) is -1.84. The van der Waals surface area contributed by atoms with E-state index in [4.69, 9.17) is 0 Å². The van der Waals surface area contributed by atoms with Gasteiger partial charge in [0.15, 0.2) is 0 Å². The molecule has 3 aromatic carbocycles. The molecule has 0 heterocycles. The van der Waals surface area contributed by atoms with Gasteiger partial charge < -0.3 is 5.32 Å². The van der Waals surface area contributed by atoms with Crippen molar-refractivity contribution in [2.75, 3.05) is 5.32 Å². The Balaban J connectivity index is 0.00000432. The van der Waals surface area contributed by atoms with Gasteiger partial charge in [0.25, 0.3) is 41.9 Å². The van der Waals surface area contributed by atoms with E-state index in [2.05, 4.69) is 5.32 Å². The zero-order valence-electron chi connectivity index (χ0n) is 16.3. The van der Waals surface area contributed by atoms with Crippen LogP contribution in [0.15, 0.2) is 63.2 Å². The van der Waals surface area contributed by atoms with E-state index in [0.29, 0.717) is 6.07 Å². The third kappa shape index (κ3) is 8.75. The van der Waals surface area contributed by atoms with Gasteiger partial charge in [-0.2, -0.15) is 25.3 Å². The van der Waals surface area contributed by atoms with Crippen LogP contribution in [0.4, 0.5) is 11.4 Å². The van der Waals surface area contributed by atoms with Gasteiger partial charge in [0.2, 0.25) is 0 Å². The Morgan fingerprint density at radius 3 is 1.78 bits per heavy atom. The van der Waals surface area contributed by atoms with Gasteiger partial charge in [0.1, 0.15) is 4.90 Å². The number of benzene rings is 3. The quantitative estimate of drug-likeness (QED) is 0.124. The number of nitrogens with zero attached hydrogens (tertiary/aromatic N) is 1. The molecular formula is C17H15N2Na3O12S3. The molecule has 4 N–H and O–H groups in total. The van der Waals surface area contributed by atoms with Crippen molar-refractivity contribution in [3.8, 4) is 0 Å². The molecular weight excluding hydrogens is 589 g/mol. The number of carbonyl (C=O) groups excluding carboxylic acids is 1. The van der Waals surface area contributed by atoms with E-state index in [0.717, 1.165) is 42.5 Å². The maximum atomic E-state index is 12.8. The molecule has 20 heteroatoms. The van der Waals surface area contributed by atoms with E-state index < -0.39 is 67.1 Å². The molecule has 14 nitrogen and oxygen atoms in total. The molecule has 186 valence electrons. The summed E-state index contributed by atoms with van der Waals surface area (Å²) in [6, 6.07) is 6.46. The van der Waals surface area contributed by atoms with Gasteiger partial charge in [0.05, 0.1) is 26.0 Å². The number of hydrogen-bond acceptors (Lipinski definition) is 9. The van der Waals surface area contributed by atoms with Gasteiger partial charge in [0, 0.05) is 17.5 Å². The summed E-state index contributed by atoms with van der Waals surface area (Å²) >= 11 is 0. The van der Waals surface area contributed by atoms with Crippen molar-refractivity contribution in [1.29, 1.82) is 0 Å². The normalized spacial score (nSPS) is 11.4. The number of nitro benzene ring substituents is 1. The first-order valence-corrected chi connectivity index (χ1v) is 12.9. The number of fused-ring (bicyclic) bond motifs is 1. The second-order valence-electron chi connectivity index (χ2n) is 6.67. The molecule has 0 saturated heterocycles. The molecule has 3 aromatic rings. The van der Waals surface area contributed by atoms with Crippen LogP contribution in [-0.4, -0.2) is 138 Å². The molecule has 0 fully saturated rings. The number of nitrogens with one attached hydrogen (secondary N) is 1. The van der Waals surface area contributed by atoms with Crippen molar-refractivity contribution in [3.63, 3.8) is 0 Å². The van der Waals surface area contributed by atoms with Crippen molar-refractivity contribution < 1.29 is 48.6 Å². The Bertz CT molecular complexity index is 1700. The van der Waals surface area contributed by atoms with Crippen molar-refractivity contribution >= 4 is 147 Å². The zero-order valence-corrected chi connectivity index (χ0v) is 18.8. The summed E-state index contributed by atoms with van der Waals surface area (Å²) < 4.78 is 97.5. The first kappa shape index (κ1) is 36.5. The first-order valence-electron chi connectivity index (χ1n) is 8.58. The molecule has 0 spiro atoms. The number of rotatable bonds is 6. The topological polar surface area (TPSA) is 235 Å². The van der Waals surface area contributed by atoms with Gasteiger partial charge in [-0.15, -0.1) is 0 Å². The Kier molecular flexibility index (Phi) is 13.1. The Labute approximate surface area is 276 Å². The summed E-state index contributed by atoms with van der Waals surface area (Å²) in [6.07, 6.45) is 0. The van der Waals surface area contributed by atoms with Gasteiger partial charge in [-0.05, 0) is 35.7 Å². The molecule has 3 rings (SSSR count). The maximum absolute atomic E-state index is 12.8. The van der Waals surface area contributed by atoms with E-state index in [-0.39, 0.29) is 105 Å². The molecule has 0 aliphatic rings. The fourth-order valence-corrected chi connectivity index (χ4v) is 4.72. The molecule has 0 aliphatic heterocycles. The SMILES string of the molecule is O=C(Nc1cc(S(=O)(=O)O)cc2cc(S(=O)(=O)O)ccc12)c1ccc([N+](=O)[O-])cc1S(=O)(=O)O.[NaH].[NaH].[NaH]. The van der Waals surface area contributed by atoms with E-state index in [9.17, 15) is 53.8 Å². The molecule has 1 amide bonds. The van der Waals surface area contributed by atoms with Crippen LogP contribution in [0, 0.1) is 10.1 Å². The standard InChI is InChI=1S/C17H12N2O12S3.3Na.3H/c20-17(14-3-1-10(19(21)22)7-16(14)34(29,30)31)18-15-8-12(33(26,27)28)6-9-5-11(32(23,24)25)2-4-13(9)15;;;;;;/h1-8H,(H,18,20)(H,23,24,25)(H,26,27,28)(H,29,30,31);;;;;;. The predicted octanol–water partition coefficient (Wildman–Crippen LogP) is -0.205. The average molecular weight is 604 g/mol. The number of non-ortho nitro benzene ring substituents is 1. The molecule has 0 radical (unpaired) electrons. The molecule has 0 atom stereocenters. The second kappa shape index (κ2) is 13.2. The average Bonchev–Trinajstić information content (AvgIpc) is 2.70. The Morgan fingerprint density at radius 2 is 1.30 bits per heavy atom. The Morgan fingerprint density at radius 1 is 0.757 bits per heavy atom. The van der Waals surface area contributed by atoms with Crippen LogP contribution in [0.1, 0.15) is 10.4 Å². The summed E-state index contributed by atoms with van der Waals surface area (Å²) in [4.78, 5) is 20.2. The number of amides is 1. The third-order valence-electron chi connectivity index (χ3n) is 4.44. The summed E-state index contributed by atoms with van der Waals surface area (Å²) in [5.74, 6) is -1.25. The number of nitro groups is 1. The van der Waals surface area contributed by atoms with Crippen LogP contribution in [0.25, 0.3) is 10.8 Å². The van der Waals surface area contributed by atoms with Crippen molar-refractivity contribution in [3.05, 3.63) is 64.2 Å². The zero-order chi connectivity index (χ0) is 25.6. The monoisotopic (exact) mass is 604 g/mol. The van der Waals surface area contributed by atoms with Crippen LogP contribution in [0.5, 0.6) is 0 Å². The van der Waals surface area contributed by atoms with Crippen LogP contribution < -0.4 is 5.32 Å². The predicted molar refractivity (Wildman–Crippen MR) is 136 cm³/mol. The van der Waals surface area contributed by atoms with Gasteiger partial charge >= 0.3 is 88.7 Å². The summed E-state index contributed by atoms with van der Waals surface area (Å²) in [7, 11) is -14.7.